The summed E-state index contributed by atoms with van der Waals surface area (Å²) in [7, 11) is 0. The van der Waals surface area contributed by atoms with Gasteiger partial charge in [0.15, 0.2) is 0 Å². The summed E-state index contributed by atoms with van der Waals surface area (Å²) in [5, 5.41) is 2.42. The maximum Gasteiger partial charge on any atom is 0.407 e. The Bertz CT molecular complexity index is 875. The van der Waals surface area contributed by atoms with Crippen LogP contribution in [-0.2, 0) is 17.9 Å². The van der Waals surface area contributed by atoms with Crippen molar-refractivity contribution in [1.29, 1.82) is 0 Å². The minimum Gasteiger partial charge on any atom is -0.494 e. The van der Waals surface area contributed by atoms with Crippen molar-refractivity contribution in [3.63, 3.8) is 0 Å². The Hall–Kier alpha value is -2.73. The van der Waals surface area contributed by atoms with E-state index in [1.807, 2.05) is 55.5 Å². The molecule has 2 aromatic rings. The van der Waals surface area contributed by atoms with Crippen molar-refractivity contribution >= 4 is 23.1 Å². The summed E-state index contributed by atoms with van der Waals surface area (Å²) >= 11 is 5.60. The maximum absolute atomic E-state index is 12.0. The van der Waals surface area contributed by atoms with E-state index < -0.39 is 6.09 Å². The van der Waals surface area contributed by atoms with Gasteiger partial charge in [-0.25, -0.2) is 4.79 Å². The van der Waals surface area contributed by atoms with Crippen LogP contribution in [0.5, 0.6) is 5.75 Å². The minimum atomic E-state index is -0.453. The summed E-state index contributed by atoms with van der Waals surface area (Å²) in [6.45, 7) is 4.61. The van der Waals surface area contributed by atoms with Gasteiger partial charge in [-0.3, -0.25) is 4.79 Å². The number of hydrogen-bond acceptors (Lipinski definition) is 4. The second-order valence-electron chi connectivity index (χ2n) is 7.85. The Morgan fingerprint density at radius 3 is 2.77 bits per heavy atom. The smallest absolute Gasteiger partial charge is 0.407 e. The molecule has 0 spiro atoms. The van der Waals surface area contributed by atoms with Gasteiger partial charge in [0.1, 0.15) is 12.4 Å². The van der Waals surface area contributed by atoms with Crippen LogP contribution in [0.15, 0.2) is 48.5 Å². The maximum atomic E-state index is 12.0. The second-order valence-corrected chi connectivity index (χ2v) is 8.17. The number of carbonyl (C=O) groups is 2. The van der Waals surface area contributed by atoms with E-state index in [-0.39, 0.29) is 12.0 Å². The number of benzene rings is 2. The molecule has 1 atom stereocenters. The highest BCUT2D eigenvalue weighted by Gasteiger charge is 2.22. The van der Waals surface area contributed by atoms with Crippen molar-refractivity contribution in [2.75, 3.05) is 19.7 Å². The molecule has 1 aliphatic rings. The van der Waals surface area contributed by atoms with E-state index in [1.165, 1.54) is 0 Å². The molecular formula is C24H29ClN2O4. The highest BCUT2D eigenvalue weighted by atomic mass is 35.5. The van der Waals surface area contributed by atoms with Gasteiger partial charge in [-0.05, 0) is 72.5 Å². The van der Waals surface area contributed by atoms with Gasteiger partial charge in [0, 0.05) is 19.6 Å². The van der Waals surface area contributed by atoms with Gasteiger partial charge in [-0.1, -0.05) is 36.4 Å². The molecule has 3 rings (SSSR count). The fourth-order valence-electron chi connectivity index (χ4n) is 3.67. The van der Waals surface area contributed by atoms with Crippen LogP contribution in [-0.4, -0.2) is 36.1 Å². The Morgan fingerprint density at radius 1 is 1.19 bits per heavy atom. The first-order valence-electron chi connectivity index (χ1n) is 10.6. The fraction of sp³-hybridized carbons (Fsp3) is 0.417. The third-order valence-electron chi connectivity index (χ3n) is 5.52. The van der Waals surface area contributed by atoms with Crippen LogP contribution in [0.4, 0.5) is 9.59 Å². The minimum absolute atomic E-state index is 0.239. The molecule has 2 aromatic carbocycles. The third kappa shape index (κ3) is 7.47. The van der Waals surface area contributed by atoms with Gasteiger partial charge < -0.3 is 19.7 Å². The number of nitrogens with zero attached hydrogens (tertiary/aromatic N) is 1. The number of likely N-dealkylation sites (tertiary alicyclic amines) is 1. The number of hydrogen-bond donors (Lipinski definition) is 1. The molecular weight excluding hydrogens is 416 g/mol. The quantitative estimate of drug-likeness (QED) is 0.445. The molecule has 31 heavy (non-hydrogen) atoms. The molecule has 0 aromatic heterocycles. The van der Waals surface area contributed by atoms with Crippen molar-refractivity contribution < 1.29 is 19.1 Å². The number of halogens is 1. The number of ether oxygens (including phenoxy) is 2. The lowest BCUT2D eigenvalue weighted by Gasteiger charge is -2.31. The Balaban J connectivity index is 1.43. The predicted octanol–water partition coefficient (Wildman–Crippen LogP) is 5.26. The number of nitrogens with one attached hydrogen (secondary N) is 1. The van der Waals surface area contributed by atoms with Gasteiger partial charge in [-0.2, -0.15) is 0 Å². The highest BCUT2D eigenvalue weighted by molar-refractivity contribution is 6.62. The van der Waals surface area contributed by atoms with E-state index in [9.17, 15) is 9.59 Å². The molecule has 6 nitrogen and oxygen atoms in total. The van der Waals surface area contributed by atoms with E-state index >= 15 is 0 Å². The van der Waals surface area contributed by atoms with Crippen molar-refractivity contribution in [2.45, 2.75) is 39.3 Å². The molecule has 1 aliphatic heterocycles. The zero-order valence-electron chi connectivity index (χ0n) is 17.8. The van der Waals surface area contributed by atoms with Crippen LogP contribution in [0.2, 0.25) is 0 Å². The summed E-state index contributed by atoms with van der Waals surface area (Å²) in [6.07, 6.45) is 2.47. The van der Waals surface area contributed by atoms with Crippen LogP contribution >= 0.6 is 11.6 Å². The van der Waals surface area contributed by atoms with Crippen molar-refractivity contribution in [3.05, 3.63) is 65.2 Å². The summed E-state index contributed by atoms with van der Waals surface area (Å²) in [6, 6.07) is 15.4. The van der Waals surface area contributed by atoms with Crippen LogP contribution in [0.25, 0.3) is 0 Å². The van der Waals surface area contributed by atoms with Crippen molar-refractivity contribution in [2.24, 2.45) is 5.92 Å². The van der Waals surface area contributed by atoms with Crippen LogP contribution in [0, 0.1) is 12.8 Å². The average Bonchev–Trinajstić information content (AvgIpc) is 2.78. The standard InChI is InChI=1S/C24H29ClN2O4/c1-18-9-10-22(30-13-11-19-8-5-12-27(16-19)23(25)28)14-21(18)15-26-24(29)31-17-20-6-3-2-4-7-20/h2-4,6-7,9-10,14,19H,5,8,11-13,15-17H2,1H3,(H,26,29). The number of carbonyl (C=O) groups excluding carboxylic acids is 2. The number of alkyl carbamates (subject to hydrolysis) is 1. The average molecular weight is 445 g/mol. The number of rotatable bonds is 8. The molecule has 0 saturated carbocycles. The van der Waals surface area contributed by atoms with Crippen molar-refractivity contribution in [1.82, 2.24) is 10.2 Å². The van der Waals surface area contributed by atoms with E-state index in [0.717, 1.165) is 48.2 Å². The summed E-state index contributed by atoms with van der Waals surface area (Å²) in [5.74, 6) is 1.17. The summed E-state index contributed by atoms with van der Waals surface area (Å²) in [4.78, 5) is 25.1. The van der Waals surface area contributed by atoms with Crippen LogP contribution < -0.4 is 10.1 Å². The SMILES string of the molecule is Cc1ccc(OCCC2CCCN(C(=O)Cl)C2)cc1CNC(=O)OCc1ccccc1. The molecule has 0 aliphatic carbocycles. The Morgan fingerprint density at radius 2 is 2.00 bits per heavy atom. The second kappa shape index (κ2) is 11.6. The normalized spacial score (nSPS) is 15.9. The highest BCUT2D eigenvalue weighted by Crippen LogP contribution is 2.22. The zero-order valence-corrected chi connectivity index (χ0v) is 18.6. The number of piperidine rings is 1. The molecule has 0 bridgehead atoms. The Kier molecular flexibility index (Phi) is 8.59. The first-order chi connectivity index (χ1) is 15.0. The topological polar surface area (TPSA) is 67.9 Å². The van der Waals surface area contributed by atoms with Crippen LogP contribution in [0.1, 0.15) is 36.0 Å². The van der Waals surface area contributed by atoms with Gasteiger partial charge in [-0.15, -0.1) is 0 Å². The van der Waals surface area contributed by atoms with E-state index in [1.54, 1.807) is 4.90 Å². The van der Waals surface area contributed by atoms with E-state index in [4.69, 9.17) is 21.1 Å². The van der Waals surface area contributed by atoms with Crippen LogP contribution in [0.3, 0.4) is 0 Å². The molecule has 2 amide bonds. The van der Waals surface area contributed by atoms with E-state index in [0.29, 0.717) is 25.6 Å². The third-order valence-corrected chi connectivity index (χ3v) is 5.76. The molecule has 1 N–H and O–H groups in total. The predicted molar refractivity (Wildman–Crippen MR) is 120 cm³/mol. The molecule has 1 heterocycles. The first-order valence-corrected chi connectivity index (χ1v) is 11.0. The van der Waals surface area contributed by atoms with Gasteiger partial charge in [0.2, 0.25) is 0 Å². The van der Waals surface area contributed by atoms with E-state index in [2.05, 4.69) is 5.32 Å². The number of amides is 2. The fourth-order valence-corrected chi connectivity index (χ4v) is 3.83. The monoisotopic (exact) mass is 444 g/mol. The van der Waals surface area contributed by atoms with Gasteiger partial charge in [0.25, 0.3) is 0 Å². The number of aryl methyl sites for hydroxylation is 1. The van der Waals surface area contributed by atoms with Gasteiger partial charge >= 0.3 is 11.5 Å². The van der Waals surface area contributed by atoms with Gasteiger partial charge in [0.05, 0.1) is 6.61 Å². The molecule has 166 valence electrons. The summed E-state index contributed by atoms with van der Waals surface area (Å²) < 4.78 is 11.2. The largest absolute Gasteiger partial charge is 0.494 e. The molecule has 7 heteroatoms. The Labute approximate surface area is 188 Å². The lowest BCUT2D eigenvalue weighted by Crippen LogP contribution is -2.37. The van der Waals surface area contributed by atoms with Crippen molar-refractivity contribution in [3.8, 4) is 5.75 Å². The first kappa shape index (κ1) is 22.9. The summed E-state index contributed by atoms with van der Waals surface area (Å²) in [5.41, 5.74) is 2.99. The molecule has 1 fully saturated rings. The molecule has 1 saturated heterocycles. The lowest BCUT2D eigenvalue weighted by atomic mass is 9.95. The zero-order chi connectivity index (χ0) is 22.1. The lowest BCUT2D eigenvalue weighted by molar-refractivity contribution is 0.139. The molecule has 0 radical (unpaired) electrons. The molecule has 1 unspecified atom stereocenters.